The van der Waals surface area contributed by atoms with Gasteiger partial charge in [0, 0.05) is 11.6 Å². The van der Waals surface area contributed by atoms with E-state index in [1.807, 2.05) is 12.1 Å². The van der Waals surface area contributed by atoms with Gasteiger partial charge in [-0.15, -0.1) is 0 Å². The fourth-order valence-corrected chi connectivity index (χ4v) is 2.09. The van der Waals surface area contributed by atoms with Gasteiger partial charge in [0.15, 0.2) is 0 Å². The number of benzene rings is 2. The standard InChI is InChI=1S/C16H11FN2O2/c17-10-6-7-15(20)12(9-10)16(21)19-14-5-1-4-13-11(14)3-2-8-18-13/h1-9,20H,(H,19,21). The van der Waals surface area contributed by atoms with Crippen molar-refractivity contribution in [3.05, 3.63) is 66.1 Å². The van der Waals surface area contributed by atoms with Gasteiger partial charge < -0.3 is 10.4 Å². The molecule has 3 aromatic rings. The van der Waals surface area contributed by atoms with E-state index in [2.05, 4.69) is 10.3 Å². The Morgan fingerprint density at radius 1 is 1.14 bits per heavy atom. The number of aromatic nitrogens is 1. The third-order valence-electron chi connectivity index (χ3n) is 3.10. The molecule has 2 N–H and O–H groups in total. The molecule has 0 bridgehead atoms. The van der Waals surface area contributed by atoms with Crippen molar-refractivity contribution in [2.24, 2.45) is 0 Å². The smallest absolute Gasteiger partial charge is 0.259 e. The van der Waals surface area contributed by atoms with Crippen LogP contribution >= 0.6 is 0 Å². The summed E-state index contributed by atoms with van der Waals surface area (Å²) in [4.78, 5) is 16.4. The number of nitrogens with zero attached hydrogens (tertiary/aromatic N) is 1. The Bertz CT molecular complexity index is 828. The van der Waals surface area contributed by atoms with Crippen molar-refractivity contribution in [3.8, 4) is 5.75 Å². The first kappa shape index (κ1) is 13.1. The third kappa shape index (κ3) is 2.53. The van der Waals surface area contributed by atoms with E-state index in [1.54, 1.807) is 24.4 Å². The van der Waals surface area contributed by atoms with E-state index in [0.717, 1.165) is 29.1 Å². The summed E-state index contributed by atoms with van der Waals surface area (Å²) in [5.41, 5.74) is 1.17. The van der Waals surface area contributed by atoms with Crippen molar-refractivity contribution in [1.82, 2.24) is 4.98 Å². The van der Waals surface area contributed by atoms with Crippen LogP contribution in [-0.4, -0.2) is 16.0 Å². The number of amides is 1. The van der Waals surface area contributed by atoms with Crippen molar-refractivity contribution >= 4 is 22.5 Å². The zero-order valence-electron chi connectivity index (χ0n) is 10.9. The van der Waals surface area contributed by atoms with Crippen LogP contribution in [0.1, 0.15) is 10.4 Å². The highest BCUT2D eigenvalue weighted by Crippen LogP contribution is 2.24. The van der Waals surface area contributed by atoms with Crippen LogP contribution in [0.5, 0.6) is 5.75 Å². The fourth-order valence-electron chi connectivity index (χ4n) is 2.09. The van der Waals surface area contributed by atoms with Gasteiger partial charge in [0.2, 0.25) is 0 Å². The maximum Gasteiger partial charge on any atom is 0.259 e. The van der Waals surface area contributed by atoms with Crippen LogP contribution in [0, 0.1) is 5.82 Å². The predicted octanol–water partition coefficient (Wildman–Crippen LogP) is 3.33. The number of nitrogens with one attached hydrogen (secondary N) is 1. The molecule has 4 nitrogen and oxygen atoms in total. The molecule has 5 heteroatoms. The first-order chi connectivity index (χ1) is 10.1. The summed E-state index contributed by atoms with van der Waals surface area (Å²) in [6.45, 7) is 0. The number of carbonyl (C=O) groups excluding carboxylic acids is 1. The summed E-state index contributed by atoms with van der Waals surface area (Å²) in [5, 5.41) is 13.1. The third-order valence-corrected chi connectivity index (χ3v) is 3.10. The van der Waals surface area contributed by atoms with Crippen molar-refractivity contribution < 1.29 is 14.3 Å². The monoisotopic (exact) mass is 282 g/mol. The Kier molecular flexibility index (Phi) is 3.23. The molecular formula is C16H11FN2O2. The van der Waals surface area contributed by atoms with Gasteiger partial charge in [-0.3, -0.25) is 9.78 Å². The van der Waals surface area contributed by atoms with Crippen LogP contribution in [0.3, 0.4) is 0 Å². The van der Waals surface area contributed by atoms with Crippen LogP contribution in [0.2, 0.25) is 0 Å². The summed E-state index contributed by atoms with van der Waals surface area (Å²) in [6.07, 6.45) is 1.66. The van der Waals surface area contributed by atoms with E-state index in [-0.39, 0.29) is 11.3 Å². The molecule has 0 fully saturated rings. The van der Waals surface area contributed by atoms with Crippen LogP contribution in [-0.2, 0) is 0 Å². The molecule has 3 rings (SSSR count). The quantitative estimate of drug-likeness (QED) is 0.757. The molecule has 0 saturated carbocycles. The second kappa shape index (κ2) is 5.20. The van der Waals surface area contributed by atoms with Gasteiger partial charge in [0.25, 0.3) is 5.91 Å². The molecule has 0 spiro atoms. The largest absolute Gasteiger partial charge is 0.507 e. The molecule has 0 radical (unpaired) electrons. The number of hydrogen-bond acceptors (Lipinski definition) is 3. The SMILES string of the molecule is O=C(Nc1cccc2ncccc12)c1cc(F)ccc1O. The van der Waals surface area contributed by atoms with Gasteiger partial charge in [-0.2, -0.15) is 0 Å². The van der Waals surface area contributed by atoms with Gasteiger partial charge in [-0.1, -0.05) is 6.07 Å². The molecule has 1 amide bonds. The molecular weight excluding hydrogens is 271 g/mol. The lowest BCUT2D eigenvalue weighted by Gasteiger charge is -2.09. The molecule has 104 valence electrons. The number of fused-ring (bicyclic) bond motifs is 1. The number of aromatic hydroxyl groups is 1. The van der Waals surface area contributed by atoms with Crippen LogP contribution in [0.4, 0.5) is 10.1 Å². The highest BCUT2D eigenvalue weighted by molar-refractivity contribution is 6.09. The normalized spacial score (nSPS) is 10.5. The highest BCUT2D eigenvalue weighted by atomic mass is 19.1. The Morgan fingerprint density at radius 2 is 2.00 bits per heavy atom. The molecule has 0 aliphatic carbocycles. The molecule has 0 saturated heterocycles. The zero-order chi connectivity index (χ0) is 14.8. The van der Waals surface area contributed by atoms with Gasteiger partial charge in [-0.05, 0) is 42.5 Å². The summed E-state index contributed by atoms with van der Waals surface area (Å²) < 4.78 is 13.2. The van der Waals surface area contributed by atoms with Crippen molar-refractivity contribution in [3.63, 3.8) is 0 Å². The second-order valence-electron chi connectivity index (χ2n) is 4.49. The van der Waals surface area contributed by atoms with E-state index < -0.39 is 11.7 Å². The number of pyridine rings is 1. The zero-order valence-corrected chi connectivity index (χ0v) is 10.9. The Balaban J connectivity index is 1.99. The van der Waals surface area contributed by atoms with Crippen LogP contribution < -0.4 is 5.32 Å². The minimum Gasteiger partial charge on any atom is -0.507 e. The van der Waals surface area contributed by atoms with Crippen LogP contribution in [0.15, 0.2) is 54.7 Å². The summed E-state index contributed by atoms with van der Waals surface area (Å²) in [7, 11) is 0. The first-order valence-electron chi connectivity index (χ1n) is 6.29. The Hall–Kier alpha value is -2.95. The fraction of sp³-hybridized carbons (Fsp3) is 0. The van der Waals surface area contributed by atoms with Gasteiger partial charge in [0.05, 0.1) is 16.8 Å². The topological polar surface area (TPSA) is 62.2 Å². The highest BCUT2D eigenvalue weighted by Gasteiger charge is 2.13. The lowest BCUT2D eigenvalue weighted by atomic mass is 10.1. The maximum atomic E-state index is 13.2. The lowest BCUT2D eigenvalue weighted by Crippen LogP contribution is -2.12. The number of halogens is 1. The van der Waals surface area contributed by atoms with Crippen molar-refractivity contribution in [1.29, 1.82) is 0 Å². The minimum absolute atomic E-state index is 0.115. The van der Waals surface area contributed by atoms with Crippen molar-refractivity contribution in [2.75, 3.05) is 5.32 Å². The molecule has 1 heterocycles. The summed E-state index contributed by atoms with van der Waals surface area (Å²) in [6, 6.07) is 12.1. The molecule has 0 atom stereocenters. The van der Waals surface area contributed by atoms with Gasteiger partial charge >= 0.3 is 0 Å². The maximum absolute atomic E-state index is 13.2. The van der Waals surface area contributed by atoms with E-state index in [0.29, 0.717) is 5.69 Å². The van der Waals surface area contributed by atoms with Crippen molar-refractivity contribution in [2.45, 2.75) is 0 Å². The molecule has 1 aromatic heterocycles. The molecule has 0 aliphatic heterocycles. The van der Waals surface area contributed by atoms with E-state index in [9.17, 15) is 14.3 Å². The lowest BCUT2D eigenvalue weighted by molar-refractivity contribution is 0.102. The number of carbonyl (C=O) groups is 1. The predicted molar refractivity (Wildman–Crippen MR) is 77.8 cm³/mol. The molecule has 0 aliphatic rings. The van der Waals surface area contributed by atoms with Gasteiger partial charge in [-0.25, -0.2) is 4.39 Å². The minimum atomic E-state index is -0.586. The average Bonchev–Trinajstić information content (AvgIpc) is 2.50. The summed E-state index contributed by atoms with van der Waals surface area (Å²) >= 11 is 0. The summed E-state index contributed by atoms with van der Waals surface area (Å²) in [5.74, 6) is -1.44. The van der Waals surface area contributed by atoms with E-state index in [4.69, 9.17) is 0 Å². The van der Waals surface area contributed by atoms with Gasteiger partial charge in [0.1, 0.15) is 11.6 Å². The number of rotatable bonds is 2. The number of phenols is 1. The van der Waals surface area contributed by atoms with E-state index >= 15 is 0 Å². The first-order valence-corrected chi connectivity index (χ1v) is 6.29. The molecule has 0 unspecified atom stereocenters. The Morgan fingerprint density at radius 3 is 2.86 bits per heavy atom. The van der Waals surface area contributed by atoms with E-state index in [1.165, 1.54) is 0 Å². The average molecular weight is 282 g/mol. The van der Waals surface area contributed by atoms with Crippen LogP contribution in [0.25, 0.3) is 10.9 Å². The molecule has 2 aromatic carbocycles. The second-order valence-corrected chi connectivity index (χ2v) is 4.49. The number of hydrogen-bond donors (Lipinski definition) is 2. The molecule has 21 heavy (non-hydrogen) atoms. The Labute approximate surface area is 119 Å². The number of anilines is 1. The number of phenolic OH excluding ortho intramolecular Hbond substituents is 1.